The molecule has 0 amide bonds. The summed E-state index contributed by atoms with van der Waals surface area (Å²) in [4.78, 5) is 16.0. The molecule has 9 heteroatoms. The maximum absolute atomic E-state index is 5.30. The maximum Gasteiger partial charge on any atom is 0.233 e. The van der Waals surface area contributed by atoms with Crippen LogP contribution in [0.4, 0.5) is 29.2 Å². The summed E-state index contributed by atoms with van der Waals surface area (Å²) in [5.41, 5.74) is 1.69. The van der Waals surface area contributed by atoms with Crippen LogP contribution in [0.25, 0.3) is 0 Å². The van der Waals surface area contributed by atoms with Crippen LogP contribution in [-0.2, 0) is 0 Å². The summed E-state index contributed by atoms with van der Waals surface area (Å²) in [6.07, 6.45) is 2.28. The van der Waals surface area contributed by atoms with E-state index in [2.05, 4.69) is 30.5 Å². The van der Waals surface area contributed by atoms with Crippen molar-refractivity contribution in [3.63, 3.8) is 0 Å². The summed E-state index contributed by atoms with van der Waals surface area (Å²) in [6.45, 7) is 1.89. The fourth-order valence-corrected chi connectivity index (χ4v) is 3.19. The highest BCUT2D eigenvalue weighted by atomic mass is 35.5. The van der Waals surface area contributed by atoms with E-state index in [1.807, 2.05) is 48.5 Å². The minimum atomic E-state index is 0. The van der Waals surface area contributed by atoms with Gasteiger partial charge in [-0.05, 0) is 37.1 Å². The highest BCUT2D eigenvalue weighted by molar-refractivity contribution is 5.85. The Morgan fingerprint density at radius 2 is 1.27 bits per heavy atom. The molecule has 3 aromatic rings. The lowest BCUT2D eigenvalue weighted by atomic mass is 10.3. The number of benzene rings is 2. The van der Waals surface area contributed by atoms with E-state index < -0.39 is 0 Å². The molecule has 1 aliphatic rings. The number of anilines is 5. The second kappa shape index (κ2) is 9.98. The summed E-state index contributed by atoms with van der Waals surface area (Å²) >= 11 is 0. The standard InChI is InChI=1S/C21H24N6O2.ClH/c1-28-17-9-5-7-15(13-17)22-19-24-20(23-16-8-6-10-18(14-16)29-2)26-21(25-19)27-11-3-4-12-27;/h5-10,13-14H,3-4,11-12H2,1-2H3,(H2,22,23,24,25,26);1H. The van der Waals surface area contributed by atoms with Gasteiger partial charge in [-0.15, -0.1) is 12.4 Å². The van der Waals surface area contributed by atoms with Gasteiger partial charge in [0.2, 0.25) is 17.8 Å². The van der Waals surface area contributed by atoms with Gasteiger partial charge < -0.3 is 25.0 Å². The highest BCUT2D eigenvalue weighted by Gasteiger charge is 2.18. The number of hydrogen-bond acceptors (Lipinski definition) is 8. The van der Waals surface area contributed by atoms with Gasteiger partial charge in [0.05, 0.1) is 14.2 Å². The van der Waals surface area contributed by atoms with Crippen molar-refractivity contribution in [2.75, 3.05) is 42.8 Å². The first-order chi connectivity index (χ1) is 14.2. The topological polar surface area (TPSA) is 84.4 Å². The highest BCUT2D eigenvalue weighted by Crippen LogP contribution is 2.25. The number of nitrogens with one attached hydrogen (secondary N) is 2. The molecule has 30 heavy (non-hydrogen) atoms. The second-order valence-corrected chi connectivity index (χ2v) is 6.69. The lowest BCUT2D eigenvalue weighted by Gasteiger charge is -2.17. The number of ether oxygens (including phenoxy) is 2. The third kappa shape index (κ3) is 5.21. The van der Waals surface area contributed by atoms with Gasteiger partial charge in [-0.1, -0.05) is 12.1 Å². The maximum atomic E-state index is 5.30. The fraction of sp³-hybridized carbons (Fsp3) is 0.286. The molecule has 1 aromatic heterocycles. The van der Waals surface area contributed by atoms with Crippen molar-refractivity contribution in [2.24, 2.45) is 0 Å². The van der Waals surface area contributed by atoms with E-state index in [9.17, 15) is 0 Å². The van der Waals surface area contributed by atoms with E-state index in [1.54, 1.807) is 14.2 Å². The van der Waals surface area contributed by atoms with Gasteiger partial charge in [0.25, 0.3) is 0 Å². The zero-order chi connectivity index (χ0) is 20.1. The molecule has 2 heterocycles. The van der Waals surface area contributed by atoms with Gasteiger partial charge in [-0.2, -0.15) is 15.0 Å². The molecule has 0 atom stereocenters. The van der Waals surface area contributed by atoms with Crippen LogP contribution in [0.5, 0.6) is 11.5 Å². The molecule has 4 rings (SSSR count). The number of methoxy groups -OCH3 is 2. The van der Waals surface area contributed by atoms with Crippen LogP contribution >= 0.6 is 12.4 Å². The van der Waals surface area contributed by atoms with E-state index in [4.69, 9.17) is 9.47 Å². The molecule has 1 saturated heterocycles. The summed E-state index contributed by atoms with van der Waals surface area (Å²) in [7, 11) is 3.29. The van der Waals surface area contributed by atoms with E-state index in [0.717, 1.165) is 48.8 Å². The molecule has 0 unspecified atom stereocenters. The number of aromatic nitrogens is 3. The van der Waals surface area contributed by atoms with Crippen molar-refractivity contribution < 1.29 is 9.47 Å². The Morgan fingerprint density at radius 1 is 0.767 bits per heavy atom. The van der Waals surface area contributed by atoms with Gasteiger partial charge in [0, 0.05) is 36.6 Å². The predicted octanol–water partition coefficient (Wildman–Crippen LogP) is 4.40. The number of nitrogens with zero attached hydrogens (tertiary/aromatic N) is 4. The smallest absolute Gasteiger partial charge is 0.233 e. The van der Waals surface area contributed by atoms with Crippen LogP contribution in [0.2, 0.25) is 0 Å². The molecule has 2 N–H and O–H groups in total. The molecule has 1 aliphatic heterocycles. The Labute approximate surface area is 182 Å². The number of halogens is 1. The van der Waals surface area contributed by atoms with Crippen LogP contribution < -0.4 is 25.0 Å². The number of hydrogen-bond donors (Lipinski definition) is 2. The van der Waals surface area contributed by atoms with Crippen molar-refractivity contribution in [2.45, 2.75) is 12.8 Å². The molecule has 0 radical (unpaired) electrons. The Hall–Kier alpha value is -3.26. The van der Waals surface area contributed by atoms with Gasteiger partial charge in [0.15, 0.2) is 0 Å². The average molecular weight is 429 g/mol. The van der Waals surface area contributed by atoms with Gasteiger partial charge in [-0.3, -0.25) is 0 Å². The third-order valence-electron chi connectivity index (χ3n) is 4.66. The van der Waals surface area contributed by atoms with E-state index in [0.29, 0.717) is 17.8 Å². The first-order valence-electron chi connectivity index (χ1n) is 9.57. The normalized spacial score (nSPS) is 12.8. The van der Waals surface area contributed by atoms with Crippen molar-refractivity contribution in [3.8, 4) is 11.5 Å². The summed E-state index contributed by atoms with van der Waals surface area (Å²) in [5.74, 6) is 3.13. The van der Waals surface area contributed by atoms with E-state index >= 15 is 0 Å². The van der Waals surface area contributed by atoms with E-state index in [1.165, 1.54) is 0 Å². The molecule has 0 saturated carbocycles. The fourth-order valence-electron chi connectivity index (χ4n) is 3.19. The van der Waals surface area contributed by atoms with Crippen LogP contribution in [0.3, 0.4) is 0 Å². The first kappa shape index (κ1) is 21.4. The minimum Gasteiger partial charge on any atom is -0.497 e. The molecule has 2 aromatic carbocycles. The van der Waals surface area contributed by atoms with Crippen LogP contribution in [0.1, 0.15) is 12.8 Å². The predicted molar refractivity (Wildman–Crippen MR) is 121 cm³/mol. The van der Waals surface area contributed by atoms with Crippen LogP contribution in [0.15, 0.2) is 48.5 Å². The lowest BCUT2D eigenvalue weighted by Crippen LogP contribution is -2.21. The zero-order valence-corrected chi connectivity index (χ0v) is 17.8. The molecular formula is C21H25ClN6O2. The Bertz CT molecular complexity index is 913. The zero-order valence-electron chi connectivity index (χ0n) is 17.0. The molecule has 8 nitrogen and oxygen atoms in total. The van der Waals surface area contributed by atoms with Gasteiger partial charge in [-0.25, -0.2) is 0 Å². The first-order valence-corrected chi connectivity index (χ1v) is 9.57. The van der Waals surface area contributed by atoms with Crippen molar-refractivity contribution in [1.29, 1.82) is 0 Å². The van der Waals surface area contributed by atoms with Gasteiger partial charge >= 0.3 is 0 Å². The van der Waals surface area contributed by atoms with Crippen molar-refractivity contribution in [1.82, 2.24) is 15.0 Å². The van der Waals surface area contributed by atoms with Crippen LogP contribution in [-0.4, -0.2) is 42.3 Å². The molecule has 0 aliphatic carbocycles. The lowest BCUT2D eigenvalue weighted by molar-refractivity contribution is 0.415. The average Bonchev–Trinajstić information content (AvgIpc) is 3.29. The molecular weight excluding hydrogens is 404 g/mol. The van der Waals surface area contributed by atoms with Gasteiger partial charge in [0.1, 0.15) is 11.5 Å². The van der Waals surface area contributed by atoms with Crippen LogP contribution in [0, 0.1) is 0 Å². The SMILES string of the molecule is COc1cccc(Nc2nc(Nc3cccc(OC)c3)nc(N3CCCC3)n2)c1.Cl. The van der Waals surface area contributed by atoms with Crippen molar-refractivity contribution >= 4 is 41.6 Å². The minimum absolute atomic E-state index is 0. The molecule has 1 fully saturated rings. The summed E-state index contributed by atoms with van der Waals surface area (Å²) in [5, 5.41) is 6.52. The number of rotatable bonds is 7. The molecule has 158 valence electrons. The second-order valence-electron chi connectivity index (χ2n) is 6.69. The monoisotopic (exact) mass is 428 g/mol. The van der Waals surface area contributed by atoms with Crippen molar-refractivity contribution in [3.05, 3.63) is 48.5 Å². The van der Waals surface area contributed by atoms with E-state index in [-0.39, 0.29) is 12.4 Å². The largest absolute Gasteiger partial charge is 0.497 e. The quantitative estimate of drug-likeness (QED) is 0.572. The Kier molecular flexibility index (Phi) is 7.13. The molecule has 0 bridgehead atoms. The third-order valence-corrected chi connectivity index (χ3v) is 4.66. The summed E-state index contributed by atoms with van der Waals surface area (Å²) in [6, 6.07) is 15.3. The summed E-state index contributed by atoms with van der Waals surface area (Å²) < 4.78 is 10.6. The Morgan fingerprint density at radius 3 is 1.73 bits per heavy atom. The molecule has 0 spiro atoms. The Balaban J connectivity index is 0.00000256.